The lowest BCUT2D eigenvalue weighted by Crippen LogP contribution is -2.22. The summed E-state index contributed by atoms with van der Waals surface area (Å²) in [6.45, 7) is 1.70. The molecule has 3 aromatic rings. The molecule has 0 fully saturated rings. The number of nitro benzene ring substituents is 1. The van der Waals surface area contributed by atoms with E-state index < -0.39 is 4.92 Å². The molecule has 4 rings (SSSR count). The topological polar surface area (TPSA) is 84.7 Å². The molecule has 0 aliphatic carbocycles. The fourth-order valence-electron chi connectivity index (χ4n) is 3.97. The molecule has 0 saturated carbocycles. The minimum atomic E-state index is -0.463. The standard InChI is InChI=1S/C25H25N3O4S/c1-32-24-11-10-18(14-23(24)28(30)31)16-33-17-25(29)26-21-8-4-2-7-20(21)15-27-13-12-19-6-3-5-9-22(19)27/h2-11,14H,12-13,15-17H2,1H3,(H,26,29). The van der Waals surface area contributed by atoms with Crippen molar-refractivity contribution in [1.29, 1.82) is 0 Å². The molecule has 0 bridgehead atoms. The summed E-state index contributed by atoms with van der Waals surface area (Å²) in [5, 5.41) is 14.2. The quantitative estimate of drug-likeness (QED) is 0.354. The first-order chi connectivity index (χ1) is 16.0. The fourth-order valence-corrected chi connectivity index (χ4v) is 4.75. The number of anilines is 2. The Bertz CT molecular complexity index is 1170. The molecule has 1 heterocycles. The number of amides is 1. The number of nitro groups is 1. The number of nitrogens with zero attached hydrogens (tertiary/aromatic N) is 2. The number of fused-ring (bicyclic) bond motifs is 1. The second kappa shape index (κ2) is 10.4. The van der Waals surface area contributed by atoms with Crippen molar-refractivity contribution in [3.63, 3.8) is 0 Å². The second-order valence-corrected chi connectivity index (χ2v) is 8.75. The van der Waals surface area contributed by atoms with E-state index in [0.29, 0.717) is 5.75 Å². The third-order valence-corrected chi connectivity index (χ3v) is 6.58. The van der Waals surface area contributed by atoms with Crippen LogP contribution in [0.25, 0.3) is 0 Å². The highest BCUT2D eigenvalue weighted by Crippen LogP contribution is 2.31. The van der Waals surface area contributed by atoms with Crippen LogP contribution < -0.4 is 15.0 Å². The third-order valence-electron chi connectivity index (χ3n) is 5.58. The van der Waals surface area contributed by atoms with Gasteiger partial charge in [-0.25, -0.2) is 0 Å². The Labute approximate surface area is 196 Å². The SMILES string of the molecule is COc1ccc(CSCC(=O)Nc2ccccc2CN2CCc3ccccc32)cc1[N+](=O)[O-]. The molecule has 3 aromatic carbocycles. The molecular formula is C25H25N3O4S. The van der Waals surface area contributed by atoms with Crippen LogP contribution in [0.4, 0.5) is 17.1 Å². The van der Waals surface area contributed by atoms with E-state index in [4.69, 9.17) is 4.74 Å². The number of carbonyl (C=O) groups is 1. The third kappa shape index (κ3) is 5.46. The lowest BCUT2D eigenvalue weighted by Gasteiger charge is -2.21. The lowest BCUT2D eigenvalue weighted by molar-refractivity contribution is -0.385. The average Bonchev–Trinajstić information content (AvgIpc) is 3.23. The van der Waals surface area contributed by atoms with Crippen LogP contribution in [0.3, 0.4) is 0 Å². The van der Waals surface area contributed by atoms with E-state index in [2.05, 4.69) is 34.5 Å². The van der Waals surface area contributed by atoms with Crippen LogP contribution in [0.15, 0.2) is 66.7 Å². The number of hydrogen-bond donors (Lipinski definition) is 1. The van der Waals surface area contributed by atoms with E-state index >= 15 is 0 Å². The van der Waals surface area contributed by atoms with Gasteiger partial charge in [-0.2, -0.15) is 0 Å². The van der Waals surface area contributed by atoms with Gasteiger partial charge in [-0.15, -0.1) is 11.8 Å². The number of rotatable bonds is 9. The Kier molecular flexibility index (Phi) is 7.14. The number of benzene rings is 3. The van der Waals surface area contributed by atoms with Gasteiger partial charge >= 0.3 is 5.69 Å². The van der Waals surface area contributed by atoms with Crippen molar-refractivity contribution in [3.8, 4) is 5.75 Å². The summed E-state index contributed by atoms with van der Waals surface area (Å²) in [6, 6.07) is 21.2. The van der Waals surface area contributed by atoms with E-state index in [1.165, 1.54) is 36.2 Å². The van der Waals surface area contributed by atoms with Crippen LogP contribution in [0.5, 0.6) is 5.75 Å². The van der Waals surface area contributed by atoms with Gasteiger partial charge in [-0.3, -0.25) is 14.9 Å². The number of hydrogen-bond acceptors (Lipinski definition) is 6. The van der Waals surface area contributed by atoms with E-state index in [9.17, 15) is 14.9 Å². The Balaban J connectivity index is 1.34. The first kappa shape index (κ1) is 22.7. The predicted octanol–water partition coefficient (Wildman–Crippen LogP) is 5.04. The molecule has 1 aliphatic heterocycles. The molecule has 0 spiro atoms. The molecule has 7 nitrogen and oxygen atoms in total. The predicted molar refractivity (Wildman–Crippen MR) is 132 cm³/mol. The van der Waals surface area contributed by atoms with Crippen molar-refractivity contribution in [2.75, 3.05) is 29.6 Å². The molecule has 0 atom stereocenters. The summed E-state index contributed by atoms with van der Waals surface area (Å²) in [4.78, 5) is 25.7. The maximum atomic E-state index is 12.6. The van der Waals surface area contributed by atoms with Gasteiger partial charge in [0.2, 0.25) is 5.91 Å². The number of ether oxygens (including phenoxy) is 1. The highest BCUT2D eigenvalue weighted by atomic mass is 32.2. The van der Waals surface area contributed by atoms with Crippen LogP contribution >= 0.6 is 11.8 Å². The first-order valence-corrected chi connectivity index (χ1v) is 11.8. The summed E-state index contributed by atoms with van der Waals surface area (Å²) in [7, 11) is 1.40. The van der Waals surface area contributed by atoms with Crippen molar-refractivity contribution in [1.82, 2.24) is 0 Å². The zero-order chi connectivity index (χ0) is 23.2. The normalized spacial score (nSPS) is 12.3. The van der Waals surface area contributed by atoms with Gasteiger partial charge in [0, 0.05) is 36.3 Å². The fraction of sp³-hybridized carbons (Fsp3) is 0.240. The number of nitrogens with one attached hydrogen (secondary N) is 1. The Morgan fingerprint density at radius 3 is 2.76 bits per heavy atom. The maximum absolute atomic E-state index is 12.6. The van der Waals surface area contributed by atoms with Gasteiger partial charge in [-0.05, 0) is 41.3 Å². The second-order valence-electron chi connectivity index (χ2n) is 7.76. The van der Waals surface area contributed by atoms with Gasteiger partial charge in [-0.1, -0.05) is 42.5 Å². The van der Waals surface area contributed by atoms with Gasteiger partial charge in [0.15, 0.2) is 5.75 Å². The molecule has 8 heteroatoms. The van der Waals surface area contributed by atoms with Gasteiger partial charge in [0.1, 0.15) is 0 Å². The number of carbonyl (C=O) groups excluding carboxylic acids is 1. The summed E-state index contributed by atoms with van der Waals surface area (Å²) < 4.78 is 5.03. The van der Waals surface area contributed by atoms with Gasteiger partial charge in [0.25, 0.3) is 0 Å². The maximum Gasteiger partial charge on any atom is 0.311 e. The molecule has 0 unspecified atom stereocenters. The van der Waals surface area contributed by atoms with Crippen LogP contribution in [0.2, 0.25) is 0 Å². The van der Waals surface area contributed by atoms with Gasteiger partial charge < -0.3 is 15.0 Å². The van der Waals surface area contributed by atoms with Crippen molar-refractivity contribution in [3.05, 3.63) is 93.5 Å². The van der Waals surface area contributed by atoms with Crippen LogP contribution in [0, 0.1) is 10.1 Å². The number of para-hydroxylation sites is 2. The molecule has 33 heavy (non-hydrogen) atoms. The minimum absolute atomic E-state index is 0.0718. The smallest absolute Gasteiger partial charge is 0.311 e. The zero-order valence-electron chi connectivity index (χ0n) is 18.3. The Hall–Kier alpha value is -3.52. The van der Waals surface area contributed by atoms with Crippen LogP contribution in [0.1, 0.15) is 16.7 Å². The van der Waals surface area contributed by atoms with Crippen molar-refractivity contribution >= 4 is 34.7 Å². The van der Waals surface area contributed by atoms with Crippen molar-refractivity contribution < 1.29 is 14.5 Å². The Morgan fingerprint density at radius 1 is 1.15 bits per heavy atom. The number of methoxy groups -OCH3 is 1. The summed E-state index contributed by atoms with van der Waals surface area (Å²) in [5.41, 5.74) is 5.19. The van der Waals surface area contributed by atoms with Crippen LogP contribution in [-0.2, 0) is 23.5 Å². The van der Waals surface area contributed by atoms with Crippen molar-refractivity contribution in [2.24, 2.45) is 0 Å². The van der Waals surface area contributed by atoms with Gasteiger partial charge in [0.05, 0.1) is 17.8 Å². The molecule has 1 amide bonds. The van der Waals surface area contributed by atoms with E-state index in [0.717, 1.165) is 36.3 Å². The minimum Gasteiger partial charge on any atom is -0.490 e. The van der Waals surface area contributed by atoms with E-state index in [1.807, 2.05) is 24.3 Å². The summed E-state index contributed by atoms with van der Waals surface area (Å²) in [6.07, 6.45) is 1.03. The van der Waals surface area contributed by atoms with E-state index in [-0.39, 0.29) is 23.1 Å². The van der Waals surface area contributed by atoms with Crippen molar-refractivity contribution in [2.45, 2.75) is 18.7 Å². The number of thioether (sulfide) groups is 1. The monoisotopic (exact) mass is 463 g/mol. The molecule has 0 saturated heterocycles. The van der Waals surface area contributed by atoms with E-state index in [1.54, 1.807) is 12.1 Å². The summed E-state index contributed by atoms with van der Waals surface area (Å²) >= 11 is 1.41. The summed E-state index contributed by atoms with van der Waals surface area (Å²) in [5.74, 6) is 0.867. The molecule has 1 N–H and O–H groups in total. The molecule has 1 aliphatic rings. The highest BCUT2D eigenvalue weighted by molar-refractivity contribution is 7.99. The zero-order valence-corrected chi connectivity index (χ0v) is 19.1. The molecule has 0 aromatic heterocycles. The molecular weight excluding hydrogens is 438 g/mol. The molecule has 170 valence electrons. The largest absolute Gasteiger partial charge is 0.490 e. The highest BCUT2D eigenvalue weighted by Gasteiger charge is 2.20. The average molecular weight is 464 g/mol. The Morgan fingerprint density at radius 2 is 1.94 bits per heavy atom. The van der Waals surface area contributed by atoms with Crippen LogP contribution in [-0.4, -0.2) is 30.2 Å². The lowest BCUT2D eigenvalue weighted by atomic mass is 10.1. The first-order valence-electron chi connectivity index (χ1n) is 10.6. The molecule has 0 radical (unpaired) electrons.